The summed E-state index contributed by atoms with van der Waals surface area (Å²) in [5.41, 5.74) is -0.0142. The molecule has 3 nitrogen and oxygen atoms in total. The topological polar surface area (TPSA) is 46.5 Å². The van der Waals surface area contributed by atoms with Crippen molar-refractivity contribution >= 4 is 5.97 Å². The molecule has 1 atom stereocenters. The van der Waals surface area contributed by atoms with E-state index in [-0.39, 0.29) is 18.4 Å². The maximum absolute atomic E-state index is 13.3. The van der Waals surface area contributed by atoms with Gasteiger partial charge < -0.3 is 9.84 Å². The molecule has 0 amide bonds. The first-order chi connectivity index (χ1) is 8.54. The first-order valence-corrected chi connectivity index (χ1v) is 5.83. The number of ether oxygens (including phenoxy) is 1. The van der Waals surface area contributed by atoms with Gasteiger partial charge in [0.25, 0.3) is 0 Å². The number of hydrogen-bond donors (Lipinski definition) is 1. The molecule has 0 bridgehead atoms. The van der Waals surface area contributed by atoms with E-state index < -0.39 is 23.7 Å². The van der Waals surface area contributed by atoms with Crippen LogP contribution in [0.15, 0.2) is 18.2 Å². The highest BCUT2D eigenvalue weighted by molar-refractivity contribution is 5.69. The number of halogens is 2. The number of carbonyl (C=O) groups is 1. The zero-order chi connectivity index (χ0) is 13.5. The third kappa shape index (κ3) is 4.41. The first-order valence-electron chi connectivity index (χ1n) is 5.83. The van der Waals surface area contributed by atoms with E-state index in [4.69, 9.17) is 4.74 Å². The highest BCUT2D eigenvalue weighted by atomic mass is 19.1. The van der Waals surface area contributed by atoms with Gasteiger partial charge in [0.1, 0.15) is 11.6 Å². The minimum Gasteiger partial charge on any atom is -0.466 e. The Morgan fingerprint density at radius 3 is 2.78 bits per heavy atom. The smallest absolute Gasteiger partial charge is 0.305 e. The van der Waals surface area contributed by atoms with Crippen molar-refractivity contribution in [2.45, 2.75) is 32.3 Å². The van der Waals surface area contributed by atoms with Crippen molar-refractivity contribution < 1.29 is 23.4 Å². The third-order valence-corrected chi connectivity index (χ3v) is 2.41. The normalized spacial score (nSPS) is 12.2. The van der Waals surface area contributed by atoms with Crippen LogP contribution in [-0.2, 0) is 9.53 Å². The number of carbonyl (C=O) groups excluding carboxylic acids is 1. The molecule has 1 N–H and O–H groups in total. The van der Waals surface area contributed by atoms with Gasteiger partial charge in [-0.15, -0.1) is 0 Å². The Balaban J connectivity index is 2.50. The number of aliphatic hydroxyl groups excluding tert-OH is 1. The van der Waals surface area contributed by atoms with Crippen molar-refractivity contribution in [2.24, 2.45) is 0 Å². The molecule has 0 spiro atoms. The van der Waals surface area contributed by atoms with Crippen molar-refractivity contribution in [1.82, 2.24) is 0 Å². The fourth-order valence-electron chi connectivity index (χ4n) is 1.47. The number of rotatable bonds is 6. The van der Waals surface area contributed by atoms with Crippen LogP contribution >= 0.6 is 0 Å². The summed E-state index contributed by atoms with van der Waals surface area (Å²) in [4.78, 5) is 11.2. The highest BCUT2D eigenvalue weighted by Gasteiger charge is 2.15. The Hall–Kier alpha value is -1.49. The molecular weight excluding hydrogens is 242 g/mol. The zero-order valence-electron chi connectivity index (χ0n) is 10.2. The van der Waals surface area contributed by atoms with E-state index >= 15 is 0 Å². The summed E-state index contributed by atoms with van der Waals surface area (Å²) in [7, 11) is 0. The summed E-state index contributed by atoms with van der Waals surface area (Å²) in [5.74, 6) is -1.95. The number of hydrogen-bond acceptors (Lipinski definition) is 3. The van der Waals surface area contributed by atoms with Crippen LogP contribution in [0.5, 0.6) is 0 Å². The van der Waals surface area contributed by atoms with Crippen LogP contribution in [0.3, 0.4) is 0 Å². The second kappa shape index (κ2) is 7.06. The van der Waals surface area contributed by atoms with Crippen LogP contribution in [0.1, 0.15) is 37.9 Å². The molecule has 1 unspecified atom stereocenters. The van der Waals surface area contributed by atoms with Crippen LogP contribution in [0.25, 0.3) is 0 Å². The van der Waals surface area contributed by atoms with E-state index in [0.717, 1.165) is 12.5 Å². The van der Waals surface area contributed by atoms with Gasteiger partial charge in [0, 0.05) is 18.1 Å². The summed E-state index contributed by atoms with van der Waals surface area (Å²) in [6.07, 6.45) is -0.371. The summed E-state index contributed by atoms with van der Waals surface area (Å²) in [6.45, 7) is 2.20. The second-order valence-corrected chi connectivity index (χ2v) is 3.94. The highest BCUT2D eigenvalue weighted by Crippen LogP contribution is 2.22. The lowest BCUT2D eigenvalue weighted by Crippen LogP contribution is -2.09. The molecule has 0 fully saturated rings. The molecule has 0 aliphatic carbocycles. The molecule has 0 aromatic heterocycles. The van der Waals surface area contributed by atoms with Crippen molar-refractivity contribution in [1.29, 1.82) is 0 Å². The van der Waals surface area contributed by atoms with Crippen LogP contribution in [-0.4, -0.2) is 17.7 Å². The summed E-state index contributed by atoms with van der Waals surface area (Å²) < 4.78 is 30.8. The fraction of sp³-hybridized carbons (Fsp3) is 0.462. The van der Waals surface area contributed by atoms with E-state index in [9.17, 15) is 18.7 Å². The van der Waals surface area contributed by atoms with Gasteiger partial charge in [0.15, 0.2) is 0 Å². The third-order valence-electron chi connectivity index (χ3n) is 2.41. The standard InChI is InChI=1S/C13H16F2O3/c1-2-7-18-13(17)6-5-12(16)10-4-3-9(14)8-11(10)15/h3-4,8,12,16H,2,5-7H2,1H3. The average molecular weight is 258 g/mol. The largest absolute Gasteiger partial charge is 0.466 e. The Morgan fingerprint density at radius 2 is 2.17 bits per heavy atom. The van der Waals surface area contributed by atoms with Gasteiger partial charge in [-0.25, -0.2) is 8.78 Å². The molecule has 18 heavy (non-hydrogen) atoms. The second-order valence-electron chi connectivity index (χ2n) is 3.94. The molecule has 1 aromatic carbocycles. The Bertz CT molecular complexity index is 407. The molecule has 0 radical (unpaired) electrons. The van der Waals surface area contributed by atoms with Crippen LogP contribution in [0.2, 0.25) is 0 Å². The molecule has 0 aliphatic rings. The van der Waals surface area contributed by atoms with Crippen LogP contribution in [0.4, 0.5) is 8.78 Å². The number of esters is 1. The van der Waals surface area contributed by atoms with E-state index in [1.165, 1.54) is 6.07 Å². The van der Waals surface area contributed by atoms with Crippen molar-refractivity contribution in [3.8, 4) is 0 Å². The first kappa shape index (κ1) is 14.6. The molecule has 5 heteroatoms. The van der Waals surface area contributed by atoms with E-state index in [1.54, 1.807) is 0 Å². The lowest BCUT2D eigenvalue weighted by Gasteiger charge is -2.11. The van der Waals surface area contributed by atoms with Gasteiger partial charge in [-0.3, -0.25) is 4.79 Å². The minimum absolute atomic E-state index is 0.00200. The number of aliphatic hydroxyl groups is 1. The average Bonchev–Trinajstić information content (AvgIpc) is 2.33. The number of benzene rings is 1. The minimum atomic E-state index is -1.14. The predicted molar refractivity (Wildman–Crippen MR) is 61.8 cm³/mol. The molecule has 1 rings (SSSR count). The van der Waals surface area contributed by atoms with Crippen molar-refractivity contribution in [2.75, 3.05) is 6.61 Å². The van der Waals surface area contributed by atoms with E-state index in [0.29, 0.717) is 12.7 Å². The quantitative estimate of drug-likeness (QED) is 0.798. The van der Waals surface area contributed by atoms with Crippen molar-refractivity contribution in [3.05, 3.63) is 35.4 Å². The van der Waals surface area contributed by atoms with Gasteiger partial charge in [0.2, 0.25) is 0 Å². The molecule has 100 valence electrons. The molecule has 0 heterocycles. The molecule has 0 aliphatic heterocycles. The van der Waals surface area contributed by atoms with Gasteiger partial charge in [0.05, 0.1) is 12.7 Å². The summed E-state index contributed by atoms with van der Waals surface area (Å²) in [6, 6.07) is 2.94. The summed E-state index contributed by atoms with van der Waals surface area (Å²) >= 11 is 0. The SMILES string of the molecule is CCCOC(=O)CCC(O)c1ccc(F)cc1F. The summed E-state index contributed by atoms with van der Waals surface area (Å²) in [5, 5.41) is 9.70. The zero-order valence-corrected chi connectivity index (χ0v) is 10.2. The Labute approximate surface area is 104 Å². The van der Waals surface area contributed by atoms with Crippen LogP contribution in [0, 0.1) is 11.6 Å². The monoisotopic (exact) mass is 258 g/mol. The lowest BCUT2D eigenvalue weighted by atomic mass is 10.0. The van der Waals surface area contributed by atoms with E-state index in [2.05, 4.69) is 0 Å². The predicted octanol–water partition coefficient (Wildman–Crippen LogP) is 2.73. The lowest BCUT2D eigenvalue weighted by molar-refractivity contribution is -0.144. The molecule has 0 saturated carbocycles. The van der Waals surface area contributed by atoms with Gasteiger partial charge in [-0.05, 0) is 18.9 Å². The van der Waals surface area contributed by atoms with Gasteiger partial charge in [-0.1, -0.05) is 13.0 Å². The van der Waals surface area contributed by atoms with Gasteiger partial charge >= 0.3 is 5.97 Å². The fourth-order valence-corrected chi connectivity index (χ4v) is 1.47. The maximum atomic E-state index is 13.3. The molecule has 0 saturated heterocycles. The molecule has 1 aromatic rings. The van der Waals surface area contributed by atoms with Crippen molar-refractivity contribution in [3.63, 3.8) is 0 Å². The molecular formula is C13H16F2O3. The van der Waals surface area contributed by atoms with Gasteiger partial charge in [-0.2, -0.15) is 0 Å². The maximum Gasteiger partial charge on any atom is 0.305 e. The van der Waals surface area contributed by atoms with E-state index in [1.807, 2.05) is 6.92 Å². The van der Waals surface area contributed by atoms with Crippen LogP contribution < -0.4 is 0 Å². The Kier molecular flexibility index (Phi) is 5.71. The Morgan fingerprint density at radius 1 is 1.44 bits per heavy atom.